The van der Waals surface area contributed by atoms with Crippen molar-refractivity contribution in [2.24, 2.45) is 0 Å². The van der Waals surface area contributed by atoms with Gasteiger partial charge in [-0.3, -0.25) is 0 Å². The van der Waals surface area contributed by atoms with Gasteiger partial charge in [-0.1, -0.05) is 0 Å². The van der Waals surface area contributed by atoms with Gasteiger partial charge in [-0.15, -0.1) is 0 Å². The van der Waals surface area contributed by atoms with Gasteiger partial charge in [0.1, 0.15) is 0 Å². The van der Waals surface area contributed by atoms with E-state index in [1.807, 2.05) is 0 Å². The van der Waals surface area contributed by atoms with Crippen molar-refractivity contribution in [1.82, 2.24) is 0 Å². The molecule has 0 aliphatic carbocycles. The van der Waals surface area contributed by atoms with Crippen LogP contribution in [-0.2, 0) is 7.61 Å². The van der Waals surface area contributed by atoms with Gasteiger partial charge in [-0.05, 0) is 0 Å². The summed E-state index contributed by atoms with van der Waals surface area (Å²) in [5, 5.41) is 0. The summed E-state index contributed by atoms with van der Waals surface area (Å²) in [7, 11) is 0. The summed E-state index contributed by atoms with van der Waals surface area (Å²) in [6, 6.07) is 0. The van der Waals surface area contributed by atoms with Crippen LogP contribution in [0.1, 0.15) is 0 Å². The zero-order valence-corrected chi connectivity index (χ0v) is 9.36. The van der Waals surface area contributed by atoms with E-state index < -0.39 is 15.1 Å². The van der Waals surface area contributed by atoms with Crippen LogP contribution in [0.25, 0.3) is 0 Å². The van der Waals surface area contributed by atoms with E-state index in [9.17, 15) is 0 Å². The fourth-order valence-corrected chi connectivity index (χ4v) is 0. The first-order chi connectivity index (χ1) is 1.41. The molecule has 0 atom stereocenters. The van der Waals surface area contributed by atoms with Crippen molar-refractivity contribution < 1.29 is 48.1 Å². The Balaban J connectivity index is -0.00000000333. The molecule has 4 nitrogen and oxygen atoms in total. The summed E-state index contributed by atoms with van der Waals surface area (Å²) in [6.45, 7) is 0. The standard InChI is InChI=1S/Al.Ca.Na.2H2O.2O/h;;;2*1H2;;/q-1;+2;+1;;;;/p-2. The summed E-state index contributed by atoms with van der Waals surface area (Å²) in [6.07, 6.45) is 0. The molecule has 0 spiro atoms. The van der Waals surface area contributed by atoms with E-state index in [2.05, 4.69) is 0 Å². The zero-order chi connectivity index (χ0) is 2.71. The SMILES string of the molecule is [Ca+2].[Na+].[OH-].[OH-].[O]=[Al-]=[O]. The molecule has 0 unspecified atom stereocenters. The predicted molar refractivity (Wildman–Crippen MR) is 16.8 cm³/mol. The van der Waals surface area contributed by atoms with Crippen molar-refractivity contribution >= 4 is 52.8 Å². The summed E-state index contributed by atoms with van der Waals surface area (Å²) >= 11 is -1.75. The van der Waals surface area contributed by atoms with E-state index in [4.69, 9.17) is 7.61 Å². The molecule has 0 aromatic carbocycles. The van der Waals surface area contributed by atoms with Gasteiger partial charge in [0.05, 0.1) is 0 Å². The number of hydrogen-bond acceptors (Lipinski definition) is 4. The third-order valence-electron chi connectivity index (χ3n) is 0. The van der Waals surface area contributed by atoms with E-state index >= 15 is 0 Å². The van der Waals surface area contributed by atoms with Crippen molar-refractivity contribution in [3.8, 4) is 0 Å². The van der Waals surface area contributed by atoms with Gasteiger partial charge in [0.15, 0.2) is 0 Å². The second-order valence-electron chi connectivity index (χ2n) is 0.0962. The molecule has 32 valence electrons. The van der Waals surface area contributed by atoms with Gasteiger partial charge in [-0.2, -0.15) is 0 Å². The van der Waals surface area contributed by atoms with Crippen LogP contribution in [0.5, 0.6) is 0 Å². The molecule has 0 aromatic heterocycles. The van der Waals surface area contributed by atoms with Crippen molar-refractivity contribution in [2.45, 2.75) is 0 Å². The molecule has 0 radical (unpaired) electrons. The molecule has 0 rings (SSSR count). The van der Waals surface area contributed by atoms with Gasteiger partial charge >= 0.3 is 90.0 Å². The van der Waals surface area contributed by atoms with E-state index in [0.29, 0.717) is 0 Å². The molecule has 0 amide bonds. The van der Waals surface area contributed by atoms with Gasteiger partial charge < -0.3 is 11.0 Å². The third kappa shape index (κ3) is 61.9. The Morgan fingerprint density at radius 1 is 1.00 bits per heavy atom. The summed E-state index contributed by atoms with van der Waals surface area (Å²) in [5.41, 5.74) is 0. The number of hydrogen-bond donors (Lipinski definition) is 0. The van der Waals surface area contributed by atoms with Crippen molar-refractivity contribution in [3.63, 3.8) is 0 Å². The molecule has 0 aliphatic rings. The van der Waals surface area contributed by atoms with E-state index in [1.54, 1.807) is 0 Å². The number of rotatable bonds is 0. The molecule has 0 saturated heterocycles. The topological polar surface area (TPSA) is 94.1 Å². The van der Waals surface area contributed by atoms with Crippen LogP contribution in [0.4, 0.5) is 0 Å². The van der Waals surface area contributed by atoms with E-state index in [0.717, 1.165) is 0 Å². The van der Waals surface area contributed by atoms with Crippen LogP contribution in [0.3, 0.4) is 0 Å². The second-order valence-corrected chi connectivity index (χ2v) is 0.289. The van der Waals surface area contributed by atoms with Crippen LogP contribution >= 0.6 is 0 Å². The van der Waals surface area contributed by atoms with Crippen LogP contribution in [-0.4, -0.2) is 63.8 Å². The quantitative estimate of drug-likeness (QED) is 0.331. The van der Waals surface area contributed by atoms with Gasteiger partial charge in [0.25, 0.3) is 0 Å². The first-order valence-corrected chi connectivity index (χ1v) is 1.41. The van der Waals surface area contributed by atoms with Crippen LogP contribution in [0.2, 0.25) is 0 Å². The molecular weight excluding hydrogens is 154 g/mol. The Morgan fingerprint density at radius 3 is 1.00 bits per heavy atom. The average Bonchev–Trinajstić information content (AvgIpc) is 0.918. The van der Waals surface area contributed by atoms with Gasteiger partial charge in [0.2, 0.25) is 0 Å². The summed E-state index contributed by atoms with van der Waals surface area (Å²) in [5.74, 6) is 0. The molecule has 7 heavy (non-hydrogen) atoms. The normalized spacial score (nSPS) is 1.14. The fraction of sp³-hybridized carbons (Fsp3) is 0. The molecular formula is H2AlCaNaO4. The molecule has 0 saturated carbocycles. The molecule has 7 heteroatoms. The zero-order valence-electron chi connectivity index (χ0n) is 4.00. The first-order valence-electron chi connectivity index (χ1n) is 0.471. The second kappa shape index (κ2) is 40.5. The van der Waals surface area contributed by atoms with Crippen molar-refractivity contribution in [2.75, 3.05) is 0 Å². The van der Waals surface area contributed by atoms with E-state index in [1.165, 1.54) is 0 Å². The van der Waals surface area contributed by atoms with E-state index in [-0.39, 0.29) is 78.2 Å². The Morgan fingerprint density at radius 2 is 1.00 bits per heavy atom. The van der Waals surface area contributed by atoms with Gasteiger partial charge in [0, 0.05) is 0 Å². The Bertz CT molecular complexity index is 32.7. The van der Waals surface area contributed by atoms with Crippen LogP contribution in [0.15, 0.2) is 0 Å². The van der Waals surface area contributed by atoms with Crippen molar-refractivity contribution in [1.29, 1.82) is 0 Å². The molecule has 0 fully saturated rings. The van der Waals surface area contributed by atoms with Crippen LogP contribution in [0, 0.1) is 0 Å². The molecule has 0 heterocycles. The fourth-order valence-electron chi connectivity index (χ4n) is 0. The molecule has 0 bridgehead atoms. The predicted octanol–water partition coefficient (Wildman–Crippen LogP) is -4.35. The molecule has 2 N–H and O–H groups in total. The monoisotopic (exact) mass is 156 g/mol. The summed E-state index contributed by atoms with van der Waals surface area (Å²) < 4.78 is 16.9. The Hall–Kier alpha value is 2.31. The van der Waals surface area contributed by atoms with Crippen LogP contribution < -0.4 is 29.6 Å². The maximum absolute atomic E-state index is 8.46. The minimum atomic E-state index is -1.75. The maximum atomic E-state index is 8.46. The van der Waals surface area contributed by atoms with Gasteiger partial charge in [-0.25, -0.2) is 0 Å². The average molecular weight is 156 g/mol. The first kappa shape index (κ1) is 34.6. The molecule has 0 aromatic rings. The Labute approximate surface area is 99.1 Å². The minimum absolute atomic E-state index is 0. The summed E-state index contributed by atoms with van der Waals surface area (Å²) in [4.78, 5) is 0. The van der Waals surface area contributed by atoms with Crippen molar-refractivity contribution in [3.05, 3.63) is 0 Å². The Kier molecular flexibility index (Phi) is 200. The third-order valence-corrected chi connectivity index (χ3v) is 0. The molecule has 0 aliphatic heterocycles.